The van der Waals surface area contributed by atoms with Gasteiger partial charge in [0.1, 0.15) is 0 Å². The summed E-state index contributed by atoms with van der Waals surface area (Å²) in [4.78, 5) is 0. The van der Waals surface area contributed by atoms with E-state index >= 15 is 0 Å². The van der Waals surface area contributed by atoms with Gasteiger partial charge in [-0.2, -0.15) is 36.4 Å². The van der Waals surface area contributed by atoms with Crippen molar-refractivity contribution < 1.29 is 5.48 Å². The van der Waals surface area contributed by atoms with Gasteiger partial charge in [0.2, 0.25) is 0 Å². The molecule has 0 unspecified atom stereocenters. The molecule has 0 bridgehead atoms. The first-order valence-corrected chi connectivity index (χ1v) is 1.91. The maximum Gasteiger partial charge on any atom is 2.00 e. The average molecular weight is 200 g/mol. The SMILES string of the molecule is Br.O.[Mg+2].[c-]1ccccc1. The summed E-state index contributed by atoms with van der Waals surface area (Å²) >= 11 is 0. The van der Waals surface area contributed by atoms with E-state index in [0.29, 0.717) is 0 Å². The smallest absolute Gasteiger partial charge is 0.412 e. The van der Waals surface area contributed by atoms with Gasteiger partial charge in [0.15, 0.2) is 0 Å². The molecule has 0 atom stereocenters. The summed E-state index contributed by atoms with van der Waals surface area (Å²) in [5.74, 6) is 0. The first kappa shape index (κ1) is 16.2. The standard InChI is InChI=1S/C6H5.BrH.Mg.H2O/c1-2-4-6-5-3-1;;;/h1-5H;1H;;1H2/q-1;;+2;. The zero-order chi connectivity index (χ0) is 4.24. The van der Waals surface area contributed by atoms with Crippen LogP contribution in [-0.4, -0.2) is 28.5 Å². The number of rotatable bonds is 0. The Morgan fingerprint density at radius 1 is 0.889 bits per heavy atom. The molecule has 0 radical (unpaired) electrons. The summed E-state index contributed by atoms with van der Waals surface area (Å²) in [6.45, 7) is 0. The van der Waals surface area contributed by atoms with Gasteiger partial charge in [0.25, 0.3) is 0 Å². The number of hydrogen-bond acceptors (Lipinski definition) is 0. The Bertz CT molecular complexity index is 85.0. The molecule has 1 aromatic rings. The minimum Gasteiger partial charge on any atom is -0.412 e. The fourth-order valence-electron chi connectivity index (χ4n) is 0.342. The second-order valence-corrected chi connectivity index (χ2v) is 1.08. The fraction of sp³-hybridized carbons (Fsp3) is 0. The topological polar surface area (TPSA) is 31.5 Å². The van der Waals surface area contributed by atoms with Crippen LogP contribution in [0.3, 0.4) is 0 Å². The normalized spacial score (nSPS) is 5.33. The molecule has 0 amide bonds. The van der Waals surface area contributed by atoms with Crippen LogP contribution in [0.1, 0.15) is 0 Å². The molecule has 1 nitrogen and oxygen atoms in total. The first-order valence-electron chi connectivity index (χ1n) is 1.91. The molecule has 0 saturated heterocycles. The van der Waals surface area contributed by atoms with Gasteiger partial charge < -0.3 is 5.48 Å². The van der Waals surface area contributed by atoms with Crippen LogP contribution in [0.4, 0.5) is 0 Å². The number of halogens is 1. The second kappa shape index (κ2) is 11.3. The van der Waals surface area contributed by atoms with Crippen molar-refractivity contribution in [3.05, 3.63) is 36.4 Å². The van der Waals surface area contributed by atoms with E-state index in [-0.39, 0.29) is 45.5 Å². The van der Waals surface area contributed by atoms with Crippen molar-refractivity contribution in [2.75, 3.05) is 0 Å². The summed E-state index contributed by atoms with van der Waals surface area (Å²) in [5.41, 5.74) is 0. The van der Waals surface area contributed by atoms with Crippen molar-refractivity contribution >= 4 is 40.0 Å². The molecule has 0 aliphatic rings. The predicted octanol–water partition coefficient (Wildman–Crippen LogP) is 0.859. The van der Waals surface area contributed by atoms with E-state index < -0.39 is 0 Å². The average Bonchev–Trinajstić information content (AvgIpc) is 1.72. The van der Waals surface area contributed by atoms with E-state index in [1.54, 1.807) is 0 Å². The van der Waals surface area contributed by atoms with Gasteiger partial charge in [-0.3, -0.25) is 0 Å². The van der Waals surface area contributed by atoms with E-state index in [1.807, 2.05) is 30.3 Å². The molecule has 0 aliphatic carbocycles. The van der Waals surface area contributed by atoms with Crippen LogP contribution in [0.25, 0.3) is 0 Å². The van der Waals surface area contributed by atoms with E-state index in [0.717, 1.165) is 0 Å². The third-order valence-electron chi connectivity index (χ3n) is 0.607. The zero-order valence-corrected chi connectivity index (χ0v) is 8.13. The Morgan fingerprint density at radius 3 is 1.44 bits per heavy atom. The molecule has 0 fully saturated rings. The van der Waals surface area contributed by atoms with Crippen LogP contribution < -0.4 is 0 Å². The summed E-state index contributed by atoms with van der Waals surface area (Å²) in [7, 11) is 0. The maximum atomic E-state index is 2.89. The molecule has 1 aromatic carbocycles. The summed E-state index contributed by atoms with van der Waals surface area (Å²) in [6.07, 6.45) is 0. The van der Waals surface area contributed by atoms with E-state index in [2.05, 4.69) is 6.07 Å². The summed E-state index contributed by atoms with van der Waals surface area (Å²) < 4.78 is 0. The predicted molar refractivity (Wildman–Crippen MR) is 45.0 cm³/mol. The third kappa shape index (κ3) is 8.43. The van der Waals surface area contributed by atoms with Gasteiger partial charge in [-0.1, -0.05) is 0 Å². The number of hydrogen-bond donors (Lipinski definition) is 0. The van der Waals surface area contributed by atoms with Gasteiger partial charge in [-0.25, -0.2) is 0 Å². The Balaban J connectivity index is -0.000000120. The summed E-state index contributed by atoms with van der Waals surface area (Å²) in [5, 5.41) is 0. The molecule has 0 spiro atoms. The molecule has 0 heterocycles. The van der Waals surface area contributed by atoms with Crippen molar-refractivity contribution in [3.63, 3.8) is 0 Å². The molecular weight excluding hydrogens is 192 g/mol. The Morgan fingerprint density at radius 2 is 1.33 bits per heavy atom. The van der Waals surface area contributed by atoms with E-state index in [4.69, 9.17) is 0 Å². The second-order valence-electron chi connectivity index (χ2n) is 1.08. The van der Waals surface area contributed by atoms with Crippen LogP contribution >= 0.6 is 17.0 Å². The zero-order valence-electron chi connectivity index (χ0n) is 5.00. The monoisotopic (exact) mass is 199 g/mol. The quantitative estimate of drug-likeness (QED) is 0.439. The Kier molecular flexibility index (Phi) is 20.3. The van der Waals surface area contributed by atoms with Crippen LogP contribution in [0.5, 0.6) is 0 Å². The van der Waals surface area contributed by atoms with Crippen molar-refractivity contribution in [1.29, 1.82) is 0 Å². The van der Waals surface area contributed by atoms with Crippen LogP contribution in [0.2, 0.25) is 0 Å². The molecular formula is C6H8BrMgO+. The minimum atomic E-state index is 0. The van der Waals surface area contributed by atoms with Gasteiger partial charge in [-0.15, -0.1) is 17.0 Å². The van der Waals surface area contributed by atoms with E-state index in [1.165, 1.54) is 0 Å². The van der Waals surface area contributed by atoms with Crippen molar-refractivity contribution in [2.24, 2.45) is 0 Å². The maximum absolute atomic E-state index is 2.89. The molecule has 0 aromatic heterocycles. The van der Waals surface area contributed by atoms with Gasteiger partial charge in [-0.05, 0) is 0 Å². The molecule has 1 rings (SSSR count). The van der Waals surface area contributed by atoms with Gasteiger partial charge in [0.05, 0.1) is 0 Å². The Hall–Kier alpha value is 0.426. The Labute approximate surface area is 81.7 Å². The third-order valence-corrected chi connectivity index (χ3v) is 0.607. The van der Waals surface area contributed by atoms with Crippen molar-refractivity contribution in [2.45, 2.75) is 0 Å². The van der Waals surface area contributed by atoms with Crippen LogP contribution in [-0.2, 0) is 0 Å². The van der Waals surface area contributed by atoms with Crippen molar-refractivity contribution in [3.8, 4) is 0 Å². The van der Waals surface area contributed by atoms with Crippen LogP contribution in [0.15, 0.2) is 30.3 Å². The largest absolute Gasteiger partial charge is 2.00 e. The first-order chi connectivity index (χ1) is 3.00. The van der Waals surface area contributed by atoms with Crippen molar-refractivity contribution in [1.82, 2.24) is 0 Å². The number of benzene rings is 1. The molecule has 0 aliphatic heterocycles. The molecule has 0 saturated carbocycles. The molecule has 3 heteroatoms. The van der Waals surface area contributed by atoms with Gasteiger partial charge in [0, 0.05) is 0 Å². The summed E-state index contributed by atoms with van der Waals surface area (Å²) in [6, 6.07) is 12.5. The molecule has 9 heavy (non-hydrogen) atoms. The molecule has 46 valence electrons. The van der Waals surface area contributed by atoms with E-state index in [9.17, 15) is 0 Å². The molecule has 2 N–H and O–H groups in total. The van der Waals surface area contributed by atoms with Gasteiger partial charge >= 0.3 is 23.1 Å². The fourth-order valence-corrected chi connectivity index (χ4v) is 0.342. The minimum absolute atomic E-state index is 0. The van der Waals surface area contributed by atoms with Crippen LogP contribution in [0, 0.1) is 6.07 Å².